The SMILES string of the molecule is CB(O)CN(C)C(=S)CN. The number of hydrogen-bond donors (Lipinski definition) is 2. The molecule has 5 heteroatoms. The molecule has 0 aliphatic carbocycles. The molecule has 0 aromatic carbocycles. The molecular weight excluding hydrogens is 147 g/mol. The average molecular weight is 160 g/mol. The van der Waals surface area contributed by atoms with Crippen molar-refractivity contribution in [1.29, 1.82) is 0 Å². The second-order valence-electron chi connectivity index (χ2n) is 2.33. The fraction of sp³-hybridized carbons (Fsp3) is 0.800. The van der Waals surface area contributed by atoms with E-state index in [2.05, 4.69) is 0 Å². The molecule has 0 amide bonds. The van der Waals surface area contributed by atoms with Gasteiger partial charge in [-0.05, 0) is 0 Å². The van der Waals surface area contributed by atoms with Gasteiger partial charge in [-0.1, -0.05) is 19.0 Å². The first kappa shape index (κ1) is 9.87. The molecule has 0 atom stereocenters. The summed E-state index contributed by atoms with van der Waals surface area (Å²) in [5, 5.41) is 8.93. The average Bonchev–Trinajstić information content (AvgIpc) is 1.85. The van der Waals surface area contributed by atoms with Gasteiger partial charge in [-0.25, -0.2) is 0 Å². The molecule has 58 valence electrons. The van der Waals surface area contributed by atoms with Crippen LogP contribution in [0.5, 0.6) is 0 Å². The van der Waals surface area contributed by atoms with E-state index in [9.17, 15) is 0 Å². The first-order chi connectivity index (χ1) is 4.57. The topological polar surface area (TPSA) is 49.5 Å². The van der Waals surface area contributed by atoms with Crippen molar-refractivity contribution < 1.29 is 5.02 Å². The van der Waals surface area contributed by atoms with E-state index in [0.717, 1.165) is 0 Å². The van der Waals surface area contributed by atoms with Gasteiger partial charge in [-0.3, -0.25) is 0 Å². The molecule has 0 heterocycles. The Morgan fingerprint density at radius 3 is 2.60 bits per heavy atom. The Bertz CT molecular complexity index is 120. The summed E-state index contributed by atoms with van der Waals surface area (Å²) >= 11 is 4.89. The lowest BCUT2D eigenvalue weighted by molar-refractivity contribution is 0.512. The molecule has 0 aliphatic rings. The van der Waals surface area contributed by atoms with Gasteiger partial charge in [0.25, 0.3) is 0 Å². The molecular formula is C5H13BN2OS. The molecule has 0 aromatic rings. The maximum atomic E-state index is 8.93. The van der Waals surface area contributed by atoms with Crippen LogP contribution in [0.2, 0.25) is 6.82 Å². The zero-order valence-corrected chi connectivity index (χ0v) is 7.19. The largest absolute Gasteiger partial charge is 0.449 e. The Balaban J connectivity index is 3.61. The van der Waals surface area contributed by atoms with Crippen molar-refractivity contribution in [2.45, 2.75) is 6.82 Å². The molecule has 0 saturated heterocycles. The summed E-state index contributed by atoms with van der Waals surface area (Å²) in [5.41, 5.74) is 5.28. The normalized spacial score (nSPS) is 9.20. The van der Waals surface area contributed by atoms with Crippen molar-refractivity contribution in [3.8, 4) is 0 Å². The maximum absolute atomic E-state index is 8.93. The lowest BCUT2D eigenvalue weighted by Gasteiger charge is -2.18. The fourth-order valence-electron chi connectivity index (χ4n) is 0.654. The Kier molecular flexibility index (Phi) is 4.60. The summed E-state index contributed by atoms with van der Waals surface area (Å²) < 4.78 is 0. The molecule has 0 saturated carbocycles. The van der Waals surface area contributed by atoms with E-state index in [-0.39, 0.29) is 6.92 Å². The van der Waals surface area contributed by atoms with Crippen LogP contribution in [-0.2, 0) is 0 Å². The predicted octanol–water partition coefficient (Wildman–Crippen LogP) is -0.643. The van der Waals surface area contributed by atoms with Crippen molar-refractivity contribution in [2.75, 3.05) is 20.0 Å². The molecule has 0 rings (SSSR count). The van der Waals surface area contributed by atoms with E-state index < -0.39 is 0 Å². The molecule has 0 bridgehead atoms. The van der Waals surface area contributed by atoms with Gasteiger partial charge >= 0.3 is 6.92 Å². The summed E-state index contributed by atoms with van der Waals surface area (Å²) in [7, 11) is 1.82. The molecule has 10 heavy (non-hydrogen) atoms. The molecule has 0 fully saturated rings. The van der Waals surface area contributed by atoms with Crippen LogP contribution >= 0.6 is 12.2 Å². The molecule has 0 unspecified atom stereocenters. The zero-order valence-electron chi connectivity index (χ0n) is 6.37. The molecule has 3 nitrogen and oxygen atoms in total. The smallest absolute Gasteiger partial charge is 0.305 e. The molecule has 3 N–H and O–H groups in total. The number of rotatable bonds is 3. The summed E-state index contributed by atoms with van der Waals surface area (Å²) in [6.45, 7) is 1.74. The number of likely N-dealkylation sites (N-methyl/N-ethyl adjacent to an activating group) is 1. The number of nitrogens with two attached hydrogens (primary N) is 1. The van der Waals surface area contributed by atoms with Gasteiger partial charge in [0, 0.05) is 20.0 Å². The number of thiocarbonyl (C=S) groups is 1. The minimum Gasteiger partial charge on any atom is -0.449 e. The molecule has 0 radical (unpaired) electrons. The van der Waals surface area contributed by atoms with E-state index >= 15 is 0 Å². The van der Waals surface area contributed by atoms with Gasteiger partial charge in [0.2, 0.25) is 0 Å². The third kappa shape index (κ3) is 3.82. The second-order valence-corrected chi connectivity index (χ2v) is 2.80. The minimum absolute atomic E-state index is 0.352. The van der Waals surface area contributed by atoms with Gasteiger partial charge in [0.05, 0.1) is 4.99 Å². The maximum Gasteiger partial charge on any atom is 0.305 e. The lowest BCUT2D eigenvalue weighted by atomic mass is 9.72. The van der Waals surface area contributed by atoms with Crippen molar-refractivity contribution in [3.63, 3.8) is 0 Å². The third-order valence-electron chi connectivity index (χ3n) is 1.14. The van der Waals surface area contributed by atoms with Crippen LogP contribution in [-0.4, -0.2) is 41.9 Å². The van der Waals surface area contributed by atoms with Crippen molar-refractivity contribution in [1.82, 2.24) is 4.90 Å². The summed E-state index contributed by atoms with van der Waals surface area (Å²) in [6, 6.07) is 0. The van der Waals surface area contributed by atoms with Gasteiger partial charge in [0.1, 0.15) is 0 Å². The monoisotopic (exact) mass is 160 g/mol. The second kappa shape index (κ2) is 4.65. The first-order valence-electron chi connectivity index (χ1n) is 3.20. The van der Waals surface area contributed by atoms with Gasteiger partial charge in [-0.15, -0.1) is 0 Å². The zero-order chi connectivity index (χ0) is 8.15. The van der Waals surface area contributed by atoms with E-state index in [1.165, 1.54) is 0 Å². The summed E-state index contributed by atoms with van der Waals surface area (Å²) in [6.07, 6.45) is 0.552. The highest BCUT2D eigenvalue weighted by molar-refractivity contribution is 7.80. The number of hydrogen-bond acceptors (Lipinski definition) is 3. The quantitative estimate of drug-likeness (QED) is 0.425. The highest BCUT2D eigenvalue weighted by atomic mass is 32.1. The van der Waals surface area contributed by atoms with E-state index in [1.807, 2.05) is 7.05 Å². The van der Waals surface area contributed by atoms with Crippen LogP contribution in [0.15, 0.2) is 0 Å². The summed E-state index contributed by atoms with van der Waals surface area (Å²) in [5.74, 6) is 0. The molecule has 0 aromatic heterocycles. The van der Waals surface area contributed by atoms with Gasteiger partial charge < -0.3 is 15.7 Å². The van der Waals surface area contributed by atoms with Crippen LogP contribution in [0, 0.1) is 0 Å². The van der Waals surface area contributed by atoms with E-state index in [1.54, 1.807) is 11.7 Å². The Morgan fingerprint density at radius 1 is 1.80 bits per heavy atom. The van der Waals surface area contributed by atoms with Crippen LogP contribution in [0.1, 0.15) is 0 Å². The first-order valence-corrected chi connectivity index (χ1v) is 3.61. The fourth-order valence-corrected chi connectivity index (χ4v) is 0.729. The standard InChI is InChI=1S/C5H13BN2OS/c1-6(9)4-8(2)5(10)3-7/h9H,3-4,7H2,1-2H3. The Hall–Kier alpha value is -0.125. The van der Waals surface area contributed by atoms with Crippen molar-refractivity contribution in [3.05, 3.63) is 0 Å². The van der Waals surface area contributed by atoms with E-state index in [4.69, 9.17) is 23.0 Å². The third-order valence-corrected chi connectivity index (χ3v) is 1.62. The van der Waals surface area contributed by atoms with E-state index in [0.29, 0.717) is 18.0 Å². The van der Waals surface area contributed by atoms with Crippen molar-refractivity contribution in [2.24, 2.45) is 5.73 Å². The van der Waals surface area contributed by atoms with Crippen LogP contribution in [0.4, 0.5) is 0 Å². The molecule has 0 spiro atoms. The lowest BCUT2D eigenvalue weighted by Crippen LogP contribution is -2.37. The van der Waals surface area contributed by atoms with Crippen LogP contribution in [0.3, 0.4) is 0 Å². The van der Waals surface area contributed by atoms with Crippen molar-refractivity contribution >= 4 is 24.1 Å². The highest BCUT2D eigenvalue weighted by Crippen LogP contribution is 1.87. The highest BCUT2D eigenvalue weighted by Gasteiger charge is 2.08. The van der Waals surface area contributed by atoms with Crippen LogP contribution < -0.4 is 5.73 Å². The molecule has 0 aliphatic heterocycles. The van der Waals surface area contributed by atoms with Crippen LogP contribution in [0.25, 0.3) is 0 Å². The Labute approximate surface area is 67.3 Å². The summed E-state index contributed by atoms with van der Waals surface area (Å²) in [4.78, 5) is 2.46. The van der Waals surface area contributed by atoms with Gasteiger partial charge in [-0.2, -0.15) is 0 Å². The minimum atomic E-state index is -0.352. The predicted molar refractivity (Wildman–Crippen MR) is 48.1 cm³/mol. The number of nitrogens with zero attached hydrogens (tertiary/aromatic N) is 1. The van der Waals surface area contributed by atoms with Gasteiger partial charge in [0.15, 0.2) is 0 Å². The Morgan fingerprint density at radius 2 is 2.30 bits per heavy atom.